The van der Waals surface area contributed by atoms with Crippen LogP contribution in [0.5, 0.6) is 0 Å². The van der Waals surface area contributed by atoms with Gasteiger partial charge in [0, 0.05) is 13.6 Å². The molecule has 0 aliphatic carbocycles. The van der Waals surface area contributed by atoms with Crippen molar-refractivity contribution in [2.45, 2.75) is 47.7 Å². The fourth-order valence-corrected chi connectivity index (χ4v) is 2.98. The molecule has 0 saturated carbocycles. The number of carbonyl (C=O) groups is 1. The summed E-state index contributed by atoms with van der Waals surface area (Å²) in [6.45, 7) is 26.5. The van der Waals surface area contributed by atoms with E-state index in [0.29, 0.717) is 6.54 Å². The molecule has 3 aromatic rings. The van der Waals surface area contributed by atoms with Crippen LogP contribution in [0.25, 0.3) is 11.0 Å². The summed E-state index contributed by atoms with van der Waals surface area (Å²) in [6.07, 6.45) is 9.21. The van der Waals surface area contributed by atoms with Crippen molar-refractivity contribution < 1.29 is 4.79 Å². The Labute approximate surface area is 241 Å². The van der Waals surface area contributed by atoms with Gasteiger partial charge < -0.3 is 26.3 Å². The minimum atomic E-state index is -0.176. The molecule has 216 valence electrons. The van der Waals surface area contributed by atoms with E-state index in [0.717, 1.165) is 16.6 Å². The van der Waals surface area contributed by atoms with Crippen LogP contribution in [0.4, 0.5) is 16.2 Å². The Morgan fingerprint density at radius 3 is 2.02 bits per heavy atom. The number of aryl methyl sites for hydroxylation is 2. The molecule has 5 N–H and O–H groups in total. The van der Waals surface area contributed by atoms with E-state index in [-0.39, 0.29) is 12.2 Å². The summed E-state index contributed by atoms with van der Waals surface area (Å²) >= 11 is 0. The predicted octanol–water partition coefficient (Wildman–Crippen LogP) is 8.04. The number of nitrogens with zero attached hydrogens (tertiary/aromatic N) is 1. The number of amides is 2. The Hall–Kier alpha value is -4.52. The van der Waals surface area contributed by atoms with Crippen molar-refractivity contribution in [3.8, 4) is 0 Å². The Balaban J connectivity index is 0.000000515. The van der Waals surface area contributed by atoms with Gasteiger partial charge in [0.05, 0.1) is 28.7 Å². The minimum Gasteiger partial charge on any atom is -0.360 e. The quantitative estimate of drug-likeness (QED) is 0.170. The maximum absolute atomic E-state index is 10.3. The highest BCUT2D eigenvalue weighted by Crippen LogP contribution is 2.30. The lowest BCUT2D eigenvalue weighted by Gasteiger charge is -2.12. The molecule has 0 atom stereocenters. The number of benzene rings is 2. The number of fused-ring (bicyclic) bond motifs is 2. The molecule has 4 rings (SSSR count). The summed E-state index contributed by atoms with van der Waals surface area (Å²) in [6, 6.07) is 12.3. The zero-order chi connectivity index (χ0) is 30.5. The summed E-state index contributed by atoms with van der Waals surface area (Å²) < 4.78 is 0. The standard InChI is InChI=1S/C11H14N2.C9H10N2.C5H10N2O.C5H8.C3H6/c1-3-8(2)11-12-9-6-4-5-7-10(9)13-11;1-6-3-4-8-9(7(6)2)11-5-10-8;1-3-4-7-5(8)6-2;1-4-5(2)3;1-3-2/h3-7,11-13H,1-2H3;3-5H,1-2H3,(H,10,11);3H,1,4H2,2H3,(H2,6,7,8);4H,1-2H2,3H3;3H,1H2,2H3/b8-3+;;;;. The van der Waals surface area contributed by atoms with Gasteiger partial charge in [0.2, 0.25) is 0 Å². The van der Waals surface area contributed by atoms with Gasteiger partial charge in [0.1, 0.15) is 6.17 Å². The first-order valence-electron chi connectivity index (χ1n) is 13.2. The van der Waals surface area contributed by atoms with Gasteiger partial charge >= 0.3 is 6.03 Å². The van der Waals surface area contributed by atoms with Gasteiger partial charge in [-0.2, -0.15) is 0 Å². The van der Waals surface area contributed by atoms with Crippen molar-refractivity contribution in [1.82, 2.24) is 20.6 Å². The highest BCUT2D eigenvalue weighted by molar-refractivity contribution is 5.79. The number of aromatic nitrogens is 2. The van der Waals surface area contributed by atoms with E-state index in [4.69, 9.17) is 0 Å². The first-order valence-corrected chi connectivity index (χ1v) is 13.2. The van der Waals surface area contributed by atoms with Crippen LogP contribution < -0.4 is 21.3 Å². The SMILES string of the molecule is C/C=C(\C)C1Nc2ccccc2N1.C=CC.C=CC(=C)C.C=CCNC(=O)NC.Cc1ccc2[nH]cnc2c1C. The Kier molecular flexibility index (Phi) is 18.1. The average Bonchev–Trinajstić information content (AvgIpc) is 3.62. The molecule has 2 aromatic carbocycles. The van der Waals surface area contributed by atoms with Gasteiger partial charge in [0.15, 0.2) is 0 Å². The molecule has 1 aliphatic heterocycles. The van der Waals surface area contributed by atoms with Crippen molar-refractivity contribution in [3.63, 3.8) is 0 Å². The molecular weight excluding hydrogens is 496 g/mol. The summed E-state index contributed by atoms with van der Waals surface area (Å²) in [5.41, 5.74) is 9.48. The van der Waals surface area contributed by atoms with Crippen molar-refractivity contribution in [1.29, 1.82) is 0 Å². The largest absolute Gasteiger partial charge is 0.360 e. The van der Waals surface area contributed by atoms with Crippen LogP contribution in [0.1, 0.15) is 38.8 Å². The number of hydrogen-bond acceptors (Lipinski definition) is 4. The maximum Gasteiger partial charge on any atom is 0.314 e. The number of aromatic amines is 1. The monoisotopic (exact) mass is 544 g/mol. The lowest BCUT2D eigenvalue weighted by atomic mass is 10.1. The topological polar surface area (TPSA) is 93.9 Å². The molecule has 40 heavy (non-hydrogen) atoms. The second kappa shape index (κ2) is 20.4. The third-order valence-electron chi connectivity index (χ3n) is 5.54. The molecule has 7 nitrogen and oxygen atoms in total. The Morgan fingerprint density at radius 1 is 1.02 bits per heavy atom. The van der Waals surface area contributed by atoms with Gasteiger partial charge in [-0.15, -0.1) is 13.2 Å². The van der Waals surface area contributed by atoms with Crippen LogP contribution in [0.3, 0.4) is 0 Å². The van der Waals surface area contributed by atoms with Gasteiger partial charge in [-0.05, 0) is 76.4 Å². The zero-order valence-corrected chi connectivity index (χ0v) is 25.3. The fourth-order valence-electron chi connectivity index (χ4n) is 2.98. The van der Waals surface area contributed by atoms with E-state index in [9.17, 15) is 4.79 Å². The number of allylic oxidation sites excluding steroid dienone is 4. The van der Waals surface area contributed by atoms with E-state index < -0.39 is 0 Å². The van der Waals surface area contributed by atoms with Gasteiger partial charge in [-0.25, -0.2) is 9.78 Å². The maximum atomic E-state index is 10.3. The first-order chi connectivity index (χ1) is 19.1. The summed E-state index contributed by atoms with van der Waals surface area (Å²) in [7, 11) is 1.57. The van der Waals surface area contributed by atoms with Crippen molar-refractivity contribution >= 4 is 28.4 Å². The number of para-hydroxylation sites is 2. The molecule has 2 heterocycles. The second-order valence-electron chi connectivity index (χ2n) is 8.81. The number of anilines is 2. The molecule has 0 unspecified atom stereocenters. The van der Waals surface area contributed by atoms with Gasteiger partial charge in [0.25, 0.3) is 0 Å². The minimum absolute atomic E-state index is 0.176. The summed E-state index contributed by atoms with van der Waals surface area (Å²) in [5.74, 6) is 0. The van der Waals surface area contributed by atoms with Crippen molar-refractivity contribution in [3.05, 3.63) is 116 Å². The van der Waals surface area contributed by atoms with Crippen LogP contribution in [-0.4, -0.2) is 35.8 Å². The van der Waals surface area contributed by atoms with Gasteiger partial charge in [-0.1, -0.05) is 61.2 Å². The number of urea groups is 1. The average molecular weight is 545 g/mol. The van der Waals surface area contributed by atoms with E-state index in [1.165, 1.54) is 28.1 Å². The van der Waals surface area contributed by atoms with Crippen LogP contribution in [-0.2, 0) is 0 Å². The number of carbonyl (C=O) groups excluding carboxylic acids is 1. The van der Waals surface area contributed by atoms with E-state index >= 15 is 0 Å². The molecule has 0 saturated heterocycles. The van der Waals surface area contributed by atoms with Gasteiger partial charge in [-0.3, -0.25) is 0 Å². The predicted molar refractivity (Wildman–Crippen MR) is 176 cm³/mol. The lowest BCUT2D eigenvalue weighted by Crippen LogP contribution is -2.32. The van der Waals surface area contributed by atoms with Crippen LogP contribution in [0, 0.1) is 13.8 Å². The lowest BCUT2D eigenvalue weighted by molar-refractivity contribution is 0.244. The molecule has 7 heteroatoms. The number of imidazole rings is 1. The normalized spacial score (nSPS) is 10.9. The molecule has 0 bridgehead atoms. The summed E-state index contributed by atoms with van der Waals surface area (Å²) in [5, 5.41) is 11.7. The van der Waals surface area contributed by atoms with Crippen molar-refractivity contribution in [2.24, 2.45) is 0 Å². The Morgan fingerprint density at radius 2 is 1.57 bits per heavy atom. The molecule has 1 aliphatic rings. The van der Waals surface area contributed by atoms with Crippen LogP contribution in [0.2, 0.25) is 0 Å². The molecule has 0 fully saturated rings. The molecule has 0 spiro atoms. The van der Waals surface area contributed by atoms with E-state index in [1.807, 2.05) is 26.0 Å². The molecule has 0 radical (unpaired) electrons. The van der Waals surface area contributed by atoms with E-state index in [1.54, 1.807) is 31.6 Å². The van der Waals surface area contributed by atoms with E-state index in [2.05, 4.69) is 116 Å². The molecule has 2 amide bonds. The van der Waals surface area contributed by atoms with Crippen molar-refractivity contribution in [2.75, 3.05) is 24.2 Å². The molecular formula is C33H48N6O. The number of nitrogens with one attached hydrogen (secondary N) is 5. The summed E-state index contributed by atoms with van der Waals surface area (Å²) in [4.78, 5) is 17.6. The number of rotatable bonds is 4. The fraction of sp³-hybridized carbons (Fsp3) is 0.273. The third kappa shape index (κ3) is 13.3. The highest BCUT2D eigenvalue weighted by atomic mass is 16.2. The second-order valence-corrected chi connectivity index (χ2v) is 8.81. The smallest absolute Gasteiger partial charge is 0.314 e. The van der Waals surface area contributed by atoms with Crippen LogP contribution >= 0.6 is 0 Å². The van der Waals surface area contributed by atoms with Crippen LogP contribution in [0.15, 0.2) is 104 Å². The first kappa shape index (κ1) is 35.5. The Bertz CT molecular complexity index is 1230. The molecule has 1 aromatic heterocycles. The number of H-pyrrole nitrogens is 1. The zero-order valence-electron chi connectivity index (χ0n) is 25.3. The number of hydrogen-bond donors (Lipinski definition) is 5. The highest BCUT2D eigenvalue weighted by Gasteiger charge is 2.18. The third-order valence-corrected chi connectivity index (χ3v) is 5.54.